The topological polar surface area (TPSA) is 59.3 Å². The molecule has 5 nitrogen and oxygen atoms in total. The van der Waals surface area contributed by atoms with Gasteiger partial charge in [0, 0.05) is 31.3 Å². The van der Waals surface area contributed by atoms with Gasteiger partial charge in [0.1, 0.15) is 5.82 Å². The van der Waals surface area contributed by atoms with E-state index in [9.17, 15) is 9.18 Å². The zero-order valence-corrected chi connectivity index (χ0v) is 16.4. The van der Waals surface area contributed by atoms with Gasteiger partial charge in [0.25, 0.3) is 5.91 Å². The van der Waals surface area contributed by atoms with E-state index in [1.54, 1.807) is 6.21 Å². The van der Waals surface area contributed by atoms with Crippen molar-refractivity contribution < 1.29 is 9.18 Å². The summed E-state index contributed by atoms with van der Waals surface area (Å²) in [4.78, 5) is 21.2. The van der Waals surface area contributed by atoms with Crippen molar-refractivity contribution in [1.82, 2.24) is 14.9 Å². The van der Waals surface area contributed by atoms with Gasteiger partial charge in [-0.3, -0.25) is 9.79 Å². The Kier molecular flexibility index (Phi) is 4.42. The number of benzene rings is 2. The van der Waals surface area contributed by atoms with Gasteiger partial charge in [0.15, 0.2) is 0 Å². The lowest BCUT2D eigenvalue weighted by Crippen LogP contribution is -2.21. The molecule has 1 fully saturated rings. The summed E-state index contributed by atoms with van der Waals surface area (Å²) in [5, 5.41) is 2.52. The first-order chi connectivity index (χ1) is 14.2. The summed E-state index contributed by atoms with van der Waals surface area (Å²) < 4.78 is 17.1. The fraction of sp³-hybridized carbons (Fsp3) is 0.348. The van der Waals surface area contributed by atoms with E-state index < -0.39 is 11.7 Å². The van der Waals surface area contributed by atoms with Crippen LogP contribution in [0.5, 0.6) is 0 Å². The molecule has 0 bridgehead atoms. The Labute approximate surface area is 168 Å². The van der Waals surface area contributed by atoms with Crippen LogP contribution in [0, 0.1) is 5.82 Å². The predicted octanol–water partition coefficient (Wildman–Crippen LogP) is 4.97. The zero-order chi connectivity index (χ0) is 20.0. The van der Waals surface area contributed by atoms with Gasteiger partial charge in [0.2, 0.25) is 0 Å². The molecular weight excluding hydrogens is 367 g/mol. The lowest BCUT2D eigenvalue weighted by Gasteiger charge is -2.23. The van der Waals surface area contributed by atoms with Crippen molar-refractivity contribution >= 4 is 28.8 Å². The SMILES string of the molecule is CNC(=O)c1c(F)cc(-c2ccc3c(c2)ncn3C2CCCCC2)c2c1CC=N2. The molecule has 1 amide bonds. The number of amides is 1. The van der Waals surface area contributed by atoms with Crippen molar-refractivity contribution in [3.63, 3.8) is 0 Å². The molecule has 6 heteroatoms. The quantitative estimate of drug-likeness (QED) is 0.687. The number of hydrogen-bond donors (Lipinski definition) is 1. The Morgan fingerprint density at radius 2 is 2.03 bits per heavy atom. The molecule has 0 saturated heterocycles. The van der Waals surface area contributed by atoms with Crippen LogP contribution < -0.4 is 5.32 Å². The maximum absolute atomic E-state index is 14.9. The fourth-order valence-corrected chi connectivity index (χ4v) is 4.71. The van der Waals surface area contributed by atoms with E-state index in [0.717, 1.165) is 16.6 Å². The molecule has 0 radical (unpaired) electrons. The summed E-state index contributed by atoms with van der Waals surface area (Å²) in [5.74, 6) is -0.936. The van der Waals surface area contributed by atoms with Crippen LogP contribution in [0.4, 0.5) is 10.1 Å². The minimum atomic E-state index is -0.517. The van der Waals surface area contributed by atoms with Gasteiger partial charge in [-0.2, -0.15) is 0 Å². The van der Waals surface area contributed by atoms with E-state index in [1.165, 1.54) is 45.2 Å². The molecule has 1 N–H and O–H groups in total. The number of carbonyl (C=O) groups excluding carboxylic acids is 1. The third-order valence-corrected chi connectivity index (χ3v) is 6.18. The van der Waals surface area contributed by atoms with Crippen LogP contribution >= 0.6 is 0 Å². The lowest BCUT2D eigenvalue weighted by atomic mass is 9.94. The normalized spacial score (nSPS) is 16.3. The number of halogens is 1. The van der Waals surface area contributed by atoms with Crippen LogP contribution in [0.3, 0.4) is 0 Å². The van der Waals surface area contributed by atoms with Crippen LogP contribution in [0.15, 0.2) is 35.6 Å². The van der Waals surface area contributed by atoms with E-state index in [4.69, 9.17) is 0 Å². The van der Waals surface area contributed by atoms with E-state index in [-0.39, 0.29) is 5.56 Å². The largest absolute Gasteiger partial charge is 0.355 e. The molecule has 3 aromatic rings. The van der Waals surface area contributed by atoms with Gasteiger partial charge in [-0.25, -0.2) is 9.37 Å². The average Bonchev–Trinajstić information content (AvgIpc) is 3.40. The fourth-order valence-electron chi connectivity index (χ4n) is 4.71. The van der Waals surface area contributed by atoms with Gasteiger partial charge in [-0.05, 0) is 42.2 Å². The van der Waals surface area contributed by atoms with Gasteiger partial charge < -0.3 is 9.88 Å². The number of aliphatic imine (C=N–C) groups is 1. The summed E-state index contributed by atoms with van der Waals surface area (Å²) in [5.41, 5.74) is 4.99. The molecule has 1 aromatic heterocycles. The van der Waals surface area contributed by atoms with E-state index in [2.05, 4.69) is 25.9 Å². The van der Waals surface area contributed by atoms with Crippen molar-refractivity contribution in [3.8, 4) is 11.1 Å². The summed E-state index contributed by atoms with van der Waals surface area (Å²) in [7, 11) is 1.51. The van der Waals surface area contributed by atoms with Gasteiger partial charge in [-0.15, -0.1) is 0 Å². The highest BCUT2D eigenvalue weighted by Gasteiger charge is 2.25. The third kappa shape index (κ3) is 2.94. The molecule has 1 aliphatic carbocycles. The monoisotopic (exact) mass is 390 g/mol. The smallest absolute Gasteiger partial charge is 0.254 e. The molecule has 2 aromatic carbocycles. The molecule has 1 saturated carbocycles. The second kappa shape index (κ2) is 7.10. The summed E-state index contributed by atoms with van der Waals surface area (Å²) in [6, 6.07) is 8.01. The molecule has 5 rings (SSSR count). The predicted molar refractivity (Wildman–Crippen MR) is 112 cm³/mol. The number of carbonyl (C=O) groups is 1. The number of imidazole rings is 1. The van der Waals surface area contributed by atoms with Crippen molar-refractivity contribution in [2.75, 3.05) is 7.05 Å². The second-order valence-corrected chi connectivity index (χ2v) is 7.85. The lowest BCUT2D eigenvalue weighted by molar-refractivity contribution is 0.0958. The highest BCUT2D eigenvalue weighted by atomic mass is 19.1. The molecule has 1 aliphatic heterocycles. The summed E-state index contributed by atoms with van der Waals surface area (Å²) in [6.45, 7) is 0. The highest BCUT2D eigenvalue weighted by Crippen LogP contribution is 2.40. The molecule has 2 aliphatic rings. The maximum Gasteiger partial charge on any atom is 0.254 e. The van der Waals surface area contributed by atoms with Gasteiger partial charge in [0.05, 0.1) is 28.6 Å². The first-order valence-electron chi connectivity index (χ1n) is 10.2. The van der Waals surface area contributed by atoms with Crippen LogP contribution in [-0.4, -0.2) is 28.7 Å². The molecule has 0 unspecified atom stereocenters. The van der Waals surface area contributed by atoms with Gasteiger partial charge >= 0.3 is 0 Å². The van der Waals surface area contributed by atoms with Crippen LogP contribution in [-0.2, 0) is 6.42 Å². The van der Waals surface area contributed by atoms with E-state index in [0.29, 0.717) is 29.3 Å². The Bertz CT molecular complexity index is 1140. The third-order valence-electron chi connectivity index (χ3n) is 6.18. The molecule has 29 heavy (non-hydrogen) atoms. The average molecular weight is 390 g/mol. The number of rotatable bonds is 3. The van der Waals surface area contributed by atoms with E-state index in [1.807, 2.05) is 18.5 Å². The first-order valence-corrected chi connectivity index (χ1v) is 10.2. The molecule has 2 heterocycles. The Morgan fingerprint density at radius 1 is 1.21 bits per heavy atom. The molecule has 148 valence electrons. The van der Waals surface area contributed by atoms with Crippen LogP contribution in [0.2, 0.25) is 0 Å². The Morgan fingerprint density at radius 3 is 2.83 bits per heavy atom. The van der Waals surface area contributed by atoms with Crippen molar-refractivity contribution in [2.24, 2.45) is 4.99 Å². The number of nitrogens with zero attached hydrogens (tertiary/aromatic N) is 3. The van der Waals surface area contributed by atoms with Gasteiger partial charge in [-0.1, -0.05) is 25.3 Å². The minimum absolute atomic E-state index is 0.0893. The Balaban J connectivity index is 1.60. The zero-order valence-electron chi connectivity index (χ0n) is 16.4. The number of fused-ring (bicyclic) bond motifs is 2. The standard InChI is InChI=1S/C23H23FN4O/c1-25-23(29)21-16-9-10-26-22(16)17(12-18(21)24)14-7-8-20-19(11-14)27-13-28(20)15-5-3-2-4-6-15/h7-8,10-13,15H,2-6,9H2,1H3,(H,25,29). The number of hydrogen-bond acceptors (Lipinski definition) is 3. The maximum atomic E-state index is 14.9. The van der Waals surface area contributed by atoms with E-state index >= 15 is 0 Å². The van der Waals surface area contributed by atoms with Crippen molar-refractivity contribution in [2.45, 2.75) is 44.6 Å². The van der Waals surface area contributed by atoms with Crippen LogP contribution in [0.1, 0.15) is 54.1 Å². The summed E-state index contributed by atoms with van der Waals surface area (Å²) >= 11 is 0. The minimum Gasteiger partial charge on any atom is -0.355 e. The molecule has 0 atom stereocenters. The molecule has 0 spiro atoms. The van der Waals surface area contributed by atoms with Crippen molar-refractivity contribution in [3.05, 3.63) is 47.5 Å². The Hall–Kier alpha value is -3.02. The summed E-state index contributed by atoms with van der Waals surface area (Å²) in [6.07, 6.45) is 10.4. The van der Waals surface area contributed by atoms with Crippen molar-refractivity contribution in [1.29, 1.82) is 0 Å². The second-order valence-electron chi connectivity index (χ2n) is 7.85. The highest BCUT2D eigenvalue weighted by molar-refractivity contribution is 6.02. The number of aromatic nitrogens is 2. The first kappa shape index (κ1) is 18.0. The molecular formula is C23H23FN4O. The number of nitrogens with one attached hydrogen (secondary N) is 1. The van der Waals surface area contributed by atoms with Crippen LogP contribution in [0.25, 0.3) is 22.2 Å².